The van der Waals surface area contributed by atoms with Gasteiger partial charge in [0.05, 0.1) is 17.5 Å². The fourth-order valence-electron chi connectivity index (χ4n) is 7.11. The Bertz CT molecular complexity index is 1680. The third-order valence-corrected chi connectivity index (χ3v) is 11.2. The fraction of sp³-hybridized carbons (Fsp3) is 0.515. The zero-order chi connectivity index (χ0) is 32.9. The number of carbonyl (C=O) groups is 1. The summed E-state index contributed by atoms with van der Waals surface area (Å²) in [6, 6.07) is 11.5. The van der Waals surface area contributed by atoms with Crippen molar-refractivity contribution in [3.05, 3.63) is 71.0 Å². The molecule has 2 fully saturated rings. The lowest BCUT2D eigenvalue weighted by Gasteiger charge is -2.41. The molecule has 3 heterocycles. The highest BCUT2D eigenvalue weighted by Gasteiger charge is 2.51. The highest BCUT2D eigenvalue weighted by atomic mass is 32.2. The van der Waals surface area contributed by atoms with Crippen molar-refractivity contribution in [1.82, 2.24) is 15.0 Å². The third-order valence-electron chi connectivity index (χ3n) is 9.93. The highest BCUT2D eigenvalue weighted by molar-refractivity contribution is 7.87. The van der Waals surface area contributed by atoms with Crippen LogP contribution in [0.15, 0.2) is 57.9 Å². The van der Waals surface area contributed by atoms with Crippen LogP contribution in [-0.4, -0.2) is 55.1 Å². The van der Waals surface area contributed by atoms with E-state index in [1.54, 1.807) is 23.1 Å². The second-order valence-electron chi connectivity index (χ2n) is 13.0. The molecule has 6 rings (SSSR count). The van der Waals surface area contributed by atoms with Gasteiger partial charge in [-0.1, -0.05) is 31.5 Å². The lowest BCUT2D eigenvalue weighted by atomic mass is 9.74. The van der Waals surface area contributed by atoms with E-state index in [4.69, 9.17) is 13.4 Å². The van der Waals surface area contributed by atoms with Crippen molar-refractivity contribution >= 4 is 16.0 Å². The number of hydrogen-bond acceptors (Lipinski definition) is 8. The van der Waals surface area contributed by atoms with Crippen molar-refractivity contribution in [3.8, 4) is 11.6 Å². The molecule has 2 aromatic carbocycles. The maximum atomic E-state index is 14.1. The van der Waals surface area contributed by atoms with Gasteiger partial charge in [-0.3, -0.25) is 4.79 Å². The molecule has 46 heavy (non-hydrogen) atoms. The summed E-state index contributed by atoms with van der Waals surface area (Å²) in [6.45, 7) is 7.58. The van der Waals surface area contributed by atoms with Crippen molar-refractivity contribution in [2.45, 2.75) is 82.5 Å². The molecule has 13 heteroatoms. The first-order valence-corrected chi connectivity index (χ1v) is 17.0. The van der Waals surface area contributed by atoms with E-state index >= 15 is 0 Å². The van der Waals surface area contributed by atoms with Gasteiger partial charge in [-0.25, -0.2) is 0 Å². The maximum absolute atomic E-state index is 14.1. The van der Waals surface area contributed by atoms with E-state index < -0.39 is 27.3 Å². The van der Waals surface area contributed by atoms with Crippen molar-refractivity contribution in [3.63, 3.8) is 0 Å². The van der Waals surface area contributed by atoms with Crippen molar-refractivity contribution in [2.24, 2.45) is 11.3 Å². The van der Waals surface area contributed by atoms with E-state index in [9.17, 15) is 26.4 Å². The number of ether oxygens (including phenoxy) is 1. The zero-order valence-corrected chi connectivity index (χ0v) is 26.9. The summed E-state index contributed by atoms with van der Waals surface area (Å²) < 4.78 is 81.8. The lowest BCUT2D eigenvalue weighted by Crippen LogP contribution is -2.49. The van der Waals surface area contributed by atoms with Gasteiger partial charge >= 0.3 is 16.3 Å². The Morgan fingerprint density at radius 1 is 1.07 bits per heavy atom. The number of likely N-dealkylation sites (tertiary alicyclic amines) is 1. The van der Waals surface area contributed by atoms with Gasteiger partial charge in [0.1, 0.15) is 16.4 Å². The Morgan fingerprint density at radius 3 is 2.46 bits per heavy atom. The summed E-state index contributed by atoms with van der Waals surface area (Å²) in [5.74, 6) is 0.861. The molecule has 0 N–H and O–H groups in total. The molecule has 0 radical (unpaired) electrons. The smallest absolute Gasteiger partial charge is 0.416 e. The first kappa shape index (κ1) is 32.4. The quantitative estimate of drug-likeness (QED) is 0.264. The van der Waals surface area contributed by atoms with Gasteiger partial charge in [-0.05, 0) is 93.5 Å². The van der Waals surface area contributed by atoms with Crippen LogP contribution in [0, 0.1) is 18.3 Å². The number of aryl methyl sites for hydroxylation is 1. The molecule has 9 nitrogen and oxygen atoms in total. The number of hydrogen-bond donors (Lipinski definition) is 0. The van der Waals surface area contributed by atoms with E-state index in [2.05, 4.69) is 10.1 Å². The molecular formula is C33H38F3N3O6S. The largest absolute Gasteiger partial charge is 0.473 e. The Hall–Kier alpha value is -3.58. The number of piperidine rings is 1. The van der Waals surface area contributed by atoms with Crippen LogP contribution in [0.1, 0.15) is 74.3 Å². The van der Waals surface area contributed by atoms with E-state index in [0.29, 0.717) is 29.9 Å². The van der Waals surface area contributed by atoms with Crippen molar-refractivity contribution in [2.75, 3.05) is 19.8 Å². The number of aromatic nitrogens is 1. The van der Waals surface area contributed by atoms with Gasteiger partial charge in [-0.15, -0.1) is 0 Å². The average Bonchev–Trinajstić information content (AvgIpc) is 3.68. The summed E-state index contributed by atoms with van der Waals surface area (Å²) in [6.07, 6.45) is -0.725. The van der Waals surface area contributed by atoms with Crippen LogP contribution >= 0.6 is 0 Å². The molecule has 1 amide bonds. The standard InChI is InChI=1S/C33H38F3N3O6S/c1-21(2)32(31(40)39-19-24-16-25(33(34,35)36)6-9-28(24)43-20-39)13-10-26(18-32)38-14-11-23(12-15-38)29-17-30(37-44-29)45-46(41,42)27-7-4-22(3)5-8-27/h4-9,16-17,21,23,26H,10-15,18-20H2,1-3H3/t26-,32+/m1/s1. The van der Waals surface area contributed by atoms with Crippen LogP contribution in [0.2, 0.25) is 0 Å². The number of halogens is 3. The summed E-state index contributed by atoms with van der Waals surface area (Å²) >= 11 is 0. The van der Waals surface area contributed by atoms with Gasteiger partial charge < -0.3 is 23.2 Å². The first-order valence-electron chi connectivity index (χ1n) is 15.6. The summed E-state index contributed by atoms with van der Waals surface area (Å²) in [7, 11) is -4.04. The predicted octanol–water partition coefficient (Wildman–Crippen LogP) is 6.52. The summed E-state index contributed by atoms with van der Waals surface area (Å²) in [5.41, 5.74) is -0.0987. The number of fused-ring (bicyclic) bond motifs is 1. The number of alkyl halides is 3. The Morgan fingerprint density at radius 2 is 1.78 bits per heavy atom. The van der Waals surface area contributed by atoms with Gasteiger partial charge in [-0.2, -0.15) is 21.6 Å². The fourth-order valence-corrected chi connectivity index (χ4v) is 7.98. The predicted molar refractivity (Wildman–Crippen MR) is 161 cm³/mol. The van der Waals surface area contributed by atoms with Crippen LogP contribution in [0.3, 0.4) is 0 Å². The molecular weight excluding hydrogens is 623 g/mol. The van der Waals surface area contributed by atoms with E-state index in [0.717, 1.165) is 50.0 Å². The Kier molecular flexibility index (Phi) is 8.60. The minimum atomic E-state index is -4.47. The van der Waals surface area contributed by atoms with Gasteiger partial charge in [0.25, 0.3) is 5.88 Å². The highest BCUT2D eigenvalue weighted by Crippen LogP contribution is 2.49. The summed E-state index contributed by atoms with van der Waals surface area (Å²) in [4.78, 5) is 18.1. The van der Waals surface area contributed by atoms with Crippen LogP contribution in [0.5, 0.6) is 11.6 Å². The Labute approximate surface area is 266 Å². The van der Waals surface area contributed by atoms with Gasteiger partial charge in [0.2, 0.25) is 5.91 Å². The van der Waals surface area contributed by atoms with Crippen LogP contribution in [-0.2, 0) is 27.6 Å². The molecule has 0 spiro atoms. The molecule has 3 aliphatic rings. The van der Waals surface area contributed by atoms with Gasteiger partial charge in [0.15, 0.2) is 6.73 Å². The Balaban J connectivity index is 1.07. The second kappa shape index (κ2) is 12.2. The van der Waals surface area contributed by atoms with Crippen molar-refractivity contribution in [1.29, 1.82) is 0 Å². The van der Waals surface area contributed by atoms with Crippen LogP contribution in [0.25, 0.3) is 0 Å². The van der Waals surface area contributed by atoms with E-state index in [1.165, 1.54) is 18.2 Å². The number of nitrogens with zero attached hydrogens (tertiary/aromatic N) is 3. The first-order chi connectivity index (χ1) is 21.7. The zero-order valence-electron chi connectivity index (χ0n) is 26.0. The maximum Gasteiger partial charge on any atom is 0.416 e. The second-order valence-corrected chi connectivity index (χ2v) is 14.6. The SMILES string of the molecule is Cc1ccc(S(=O)(=O)Oc2cc(C3CCN([C@@H]4CC[C@@](C(=O)N5COc6ccc(C(F)(F)F)cc6C5)(C(C)C)C4)CC3)on2)cc1. The molecule has 0 unspecified atom stereocenters. The molecule has 2 aliphatic heterocycles. The summed E-state index contributed by atoms with van der Waals surface area (Å²) in [5, 5.41) is 3.85. The lowest BCUT2D eigenvalue weighted by molar-refractivity contribution is -0.150. The molecule has 0 bridgehead atoms. The number of amides is 1. The van der Waals surface area contributed by atoms with E-state index in [-0.39, 0.29) is 47.8 Å². The topological polar surface area (TPSA) is 102 Å². The minimum absolute atomic E-state index is 0.0108. The normalized spacial score (nSPS) is 22.9. The third kappa shape index (κ3) is 6.35. The monoisotopic (exact) mass is 661 g/mol. The number of rotatable bonds is 7. The molecule has 1 aromatic heterocycles. The molecule has 1 aliphatic carbocycles. The van der Waals surface area contributed by atoms with Crippen LogP contribution < -0.4 is 8.92 Å². The molecule has 2 atom stereocenters. The van der Waals surface area contributed by atoms with Crippen molar-refractivity contribution < 1.29 is 39.8 Å². The molecule has 1 saturated carbocycles. The molecule has 3 aromatic rings. The molecule has 1 saturated heterocycles. The van der Waals surface area contributed by atoms with Gasteiger partial charge in [0, 0.05) is 23.6 Å². The van der Waals surface area contributed by atoms with Crippen LogP contribution in [0.4, 0.5) is 13.2 Å². The molecule has 248 valence electrons. The minimum Gasteiger partial charge on any atom is -0.473 e. The average molecular weight is 662 g/mol. The van der Waals surface area contributed by atoms with E-state index in [1.807, 2.05) is 20.8 Å². The number of carbonyl (C=O) groups excluding carboxylic acids is 1. The number of benzene rings is 2.